The molecule has 2 aromatic carbocycles. The summed E-state index contributed by atoms with van der Waals surface area (Å²) in [6.45, 7) is 0.341. The lowest BCUT2D eigenvalue weighted by Crippen LogP contribution is -2.46. The fourth-order valence-electron chi connectivity index (χ4n) is 4.09. The van der Waals surface area contributed by atoms with Crippen LogP contribution in [0.15, 0.2) is 42.5 Å². The van der Waals surface area contributed by atoms with Crippen LogP contribution in [0.5, 0.6) is 0 Å². The van der Waals surface area contributed by atoms with Gasteiger partial charge in [0.1, 0.15) is 5.54 Å². The lowest BCUT2D eigenvalue weighted by Gasteiger charge is -2.24. The molecule has 24 heavy (non-hydrogen) atoms. The van der Waals surface area contributed by atoms with E-state index in [1.165, 1.54) is 4.90 Å². The standard InChI is InChI=1S/C20H22N2O2/c23-18-20(12-5-1-2-6-13-20)21-19(24)22(18)14-16-10-7-9-15-8-3-4-11-17(15)16/h3-4,7-11H,1-2,5-6,12-14H2,(H,21,24). The molecule has 1 aliphatic heterocycles. The van der Waals surface area contributed by atoms with Crippen LogP contribution in [-0.4, -0.2) is 22.4 Å². The topological polar surface area (TPSA) is 49.4 Å². The molecule has 1 aliphatic carbocycles. The van der Waals surface area contributed by atoms with Gasteiger partial charge in [0.2, 0.25) is 0 Å². The van der Waals surface area contributed by atoms with Gasteiger partial charge >= 0.3 is 6.03 Å². The molecule has 4 heteroatoms. The average molecular weight is 322 g/mol. The number of amides is 3. The molecule has 124 valence electrons. The van der Waals surface area contributed by atoms with Crippen molar-refractivity contribution in [2.75, 3.05) is 0 Å². The number of benzene rings is 2. The fraction of sp³-hybridized carbons (Fsp3) is 0.400. The number of hydrogen-bond acceptors (Lipinski definition) is 2. The highest BCUT2D eigenvalue weighted by atomic mass is 16.2. The van der Waals surface area contributed by atoms with Crippen LogP contribution in [0.2, 0.25) is 0 Å². The van der Waals surface area contributed by atoms with Crippen molar-refractivity contribution in [1.82, 2.24) is 10.2 Å². The van der Waals surface area contributed by atoms with E-state index in [0.29, 0.717) is 6.54 Å². The first-order chi connectivity index (χ1) is 11.7. The summed E-state index contributed by atoms with van der Waals surface area (Å²) in [5.74, 6) is -0.0395. The summed E-state index contributed by atoms with van der Waals surface area (Å²) < 4.78 is 0. The Morgan fingerprint density at radius 1 is 0.917 bits per heavy atom. The Bertz CT molecular complexity index is 786. The van der Waals surface area contributed by atoms with Crippen molar-refractivity contribution in [1.29, 1.82) is 0 Å². The van der Waals surface area contributed by atoms with E-state index in [-0.39, 0.29) is 11.9 Å². The molecule has 4 rings (SSSR count). The molecule has 1 N–H and O–H groups in total. The number of rotatable bonds is 2. The van der Waals surface area contributed by atoms with Gasteiger partial charge in [-0.2, -0.15) is 0 Å². The molecular formula is C20H22N2O2. The van der Waals surface area contributed by atoms with Crippen LogP contribution >= 0.6 is 0 Å². The van der Waals surface area contributed by atoms with Gasteiger partial charge < -0.3 is 5.32 Å². The summed E-state index contributed by atoms with van der Waals surface area (Å²) in [6.07, 6.45) is 5.85. The van der Waals surface area contributed by atoms with Gasteiger partial charge in [-0.05, 0) is 29.2 Å². The highest BCUT2D eigenvalue weighted by Gasteiger charge is 2.50. The predicted molar refractivity (Wildman–Crippen MR) is 93.5 cm³/mol. The van der Waals surface area contributed by atoms with E-state index in [0.717, 1.165) is 54.9 Å². The van der Waals surface area contributed by atoms with Gasteiger partial charge in [0.25, 0.3) is 5.91 Å². The predicted octanol–water partition coefficient (Wildman–Crippen LogP) is 3.98. The SMILES string of the molecule is O=C1NC2(CCCCCC2)C(=O)N1Cc1cccc2ccccc12. The van der Waals surface area contributed by atoms with E-state index in [1.807, 2.05) is 30.3 Å². The number of imide groups is 1. The number of nitrogens with one attached hydrogen (secondary N) is 1. The molecule has 1 heterocycles. The van der Waals surface area contributed by atoms with E-state index < -0.39 is 5.54 Å². The van der Waals surface area contributed by atoms with Crippen LogP contribution in [0.25, 0.3) is 10.8 Å². The van der Waals surface area contributed by atoms with Gasteiger partial charge in [0, 0.05) is 0 Å². The monoisotopic (exact) mass is 322 g/mol. The maximum Gasteiger partial charge on any atom is 0.325 e. The molecule has 0 radical (unpaired) electrons. The number of nitrogens with zero attached hydrogens (tertiary/aromatic N) is 1. The molecule has 1 saturated heterocycles. The molecule has 3 amide bonds. The number of carbonyl (C=O) groups excluding carboxylic acids is 2. The third-order valence-corrected chi connectivity index (χ3v) is 5.41. The zero-order valence-electron chi connectivity index (χ0n) is 13.8. The Hall–Kier alpha value is -2.36. The Labute approximate surface area is 141 Å². The van der Waals surface area contributed by atoms with Gasteiger partial charge in [-0.1, -0.05) is 68.1 Å². The first-order valence-corrected chi connectivity index (χ1v) is 8.80. The van der Waals surface area contributed by atoms with E-state index in [4.69, 9.17) is 0 Å². The minimum atomic E-state index is -0.655. The molecular weight excluding hydrogens is 300 g/mol. The Morgan fingerprint density at radius 3 is 2.42 bits per heavy atom. The molecule has 0 atom stereocenters. The van der Waals surface area contributed by atoms with E-state index in [9.17, 15) is 9.59 Å². The number of carbonyl (C=O) groups is 2. The summed E-state index contributed by atoms with van der Waals surface area (Å²) in [5, 5.41) is 5.25. The van der Waals surface area contributed by atoms with Gasteiger partial charge in [-0.3, -0.25) is 9.69 Å². The second kappa shape index (κ2) is 5.93. The first kappa shape index (κ1) is 15.2. The lowest BCUT2D eigenvalue weighted by molar-refractivity contribution is -0.132. The molecule has 1 spiro atoms. The van der Waals surface area contributed by atoms with E-state index in [1.54, 1.807) is 0 Å². The van der Waals surface area contributed by atoms with Gasteiger partial charge in [0.05, 0.1) is 6.54 Å². The molecule has 0 aromatic heterocycles. The smallest absolute Gasteiger partial charge is 0.323 e. The third-order valence-electron chi connectivity index (χ3n) is 5.41. The van der Waals surface area contributed by atoms with Crippen molar-refractivity contribution in [2.24, 2.45) is 0 Å². The quantitative estimate of drug-likeness (QED) is 0.850. The Kier molecular flexibility index (Phi) is 3.75. The number of hydrogen-bond donors (Lipinski definition) is 1. The largest absolute Gasteiger partial charge is 0.325 e. The average Bonchev–Trinajstić information content (AvgIpc) is 2.76. The number of urea groups is 1. The van der Waals surface area contributed by atoms with E-state index in [2.05, 4.69) is 17.4 Å². The summed E-state index contributed by atoms with van der Waals surface area (Å²) in [6, 6.07) is 13.9. The lowest BCUT2D eigenvalue weighted by atomic mass is 9.90. The highest BCUT2D eigenvalue weighted by molar-refractivity contribution is 6.07. The van der Waals surface area contributed by atoms with Crippen molar-refractivity contribution < 1.29 is 9.59 Å². The second-order valence-electron chi connectivity index (χ2n) is 6.96. The molecule has 0 unspecified atom stereocenters. The maximum absolute atomic E-state index is 13.0. The van der Waals surface area contributed by atoms with Gasteiger partial charge in [-0.25, -0.2) is 4.79 Å². The first-order valence-electron chi connectivity index (χ1n) is 8.80. The van der Waals surface area contributed by atoms with E-state index >= 15 is 0 Å². The Morgan fingerprint density at radius 2 is 1.62 bits per heavy atom. The summed E-state index contributed by atoms with van der Waals surface area (Å²) in [4.78, 5) is 26.9. The molecule has 2 aromatic rings. The highest BCUT2D eigenvalue weighted by Crippen LogP contribution is 2.33. The van der Waals surface area contributed by atoms with Gasteiger partial charge in [-0.15, -0.1) is 0 Å². The zero-order valence-corrected chi connectivity index (χ0v) is 13.8. The second-order valence-corrected chi connectivity index (χ2v) is 6.96. The van der Waals surface area contributed by atoms with Crippen molar-refractivity contribution in [3.63, 3.8) is 0 Å². The van der Waals surface area contributed by atoms with Crippen LogP contribution in [0, 0.1) is 0 Å². The van der Waals surface area contributed by atoms with Crippen molar-refractivity contribution in [3.8, 4) is 0 Å². The normalized spacial score (nSPS) is 20.4. The Balaban J connectivity index is 1.64. The molecule has 4 nitrogen and oxygen atoms in total. The summed E-state index contributed by atoms with van der Waals surface area (Å²) in [5.41, 5.74) is 0.361. The molecule has 2 aliphatic rings. The van der Waals surface area contributed by atoms with Gasteiger partial charge in [0.15, 0.2) is 0 Å². The van der Waals surface area contributed by atoms with Crippen LogP contribution in [0.3, 0.4) is 0 Å². The minimum Gasteiger partial charge on any atom is -0.323 e. The third kappa shape index (κ3) is 2.46. The van der Waals surface area contributed by atoms with Crippen molar-refractivity contribution in [3.05, 3.63) is 48.0 Å². The maximum atomic E-state index is 13.0. The molecule has 2 fully saturated rings. The fourth-order valence-corrected chi connectivity index (χ4v) is 4.09. The van der Waals surface area contributed by atoms with Crippen LogP contribution in [0.4, 0.5) is 4.79 Å². The summed E-state index contributed by atoms with van der Waals surface area (Å²) >= 11 is 0. The molecule has 1 saturated carbocycles. The minimum absolute atomic E-state index is 0.0395. The van der Waals surface area contributed by atoms with Crippen molar-refractivity contribution >= 4 is 22.7 Å². The molecule has 0 bridgehead atoms. The zero-order chi connectivity index (χ0) is 16.6. The van der Waals surface area contributed by atoms with Crippen molar-refractivity contribution in [2.45, 2.75) is 50.6 Å². The number of fused-ring (bicyclic) bond motifs is 1. The van der Waals surface area contributed by atoms with Crippen LogP contribution in [-0.2, 0) is 11.3 Å². The summed E-state index contributed by atoms with van der Waals surface area (Å²) in [7, 11) is 0. The van der Waals surface area contributed by atoms with Crippen LogP contribution in [0.1, 0.15) is 44.1 Å². The van der Waals surface area contributed by atoms with Crippen LogP contribution < -0.4 is 5.32 Å².